The highest BCUT2D eigenvalue weighted by Crippen LogP contribution is 2.42. The van der Waals surface area contributed by atoms with Crippen molar-refractivity contribution in [3.63, 3.8) is 0 Å². The van der Waals surface area contributed by atoms with Crippen LogP contribution in [0.2, 0.25) is 0 Å². The Morgan fingerprint density at radius 3 is 2.47 bits per heavy atom. The second-order valence-electron chi connectivity index (χ2n) is 9.20. The molecule has 166 valence electrons. The summed E-state index contributed by atoms with van der Waals surface area (Å²) in [5.74, 6) is 0.224. The molecule has 0 radical (unpaired) electrons. The fourth-order valence-corrected chi connectivity index (χ4v) is 4.63. The number of methoxy groups -OCH3 is 1. The summed E-state index contributed by atoms with van der Waals surface area (Å²) in [5, 5.41) is 7.30. The molecule has 0 atom stereocenters. The zero-order chi connectivity index (χ0) is 23.0. The van der Waals surface area contributed by atoms with Crippen LogP contribution in [0, 0.1) is 19.7 Å². The van der Waals surface area contributed by atoms with E-state index in [0.29, 0.717) is 12.3 Å². The van der Waals surface area contributed by atoms with Crippen LogP contribution in [0.1, 0.15) is 43.0 Å². The number of hydrogen-bond acceptors (Lipinski definition) is 3. The predicted molar refractivity (Wildman–Crippen MR) is 133 cm³/mol. The summed E-state index contributed by atoms with van der Waals surface area (Å²) in [5.41, 5.74) is 10.0. The van der Waals surface area contributed by atoms with E-state index in [9.17, 15) is 4.39 Å². The van der Waals surface area contributed by atoms with Crippen LogP contribution in [0.4, 0.5) is 15.8 Å². The minimum Gasteiger partial charge on any atom is -0.496 e. The Morgan fingerprint density at radius 1 is 0.969 bits per heavy atom. The van der Waals surface area contributed by atoms with Gasteiger partial charge < -0.3 is 15.4 Å². The van der Waals surface area contributed by atoms with E-state index in [-0.39, 0.29) is 11.4 Å². The molecule has 3 nitrogen and oxygen atoms in total. The lowest BCUT2D eigenvalue weighted by molar-refractivity contribution is 0.413. The van der Waals surface area contributed by atoms with E-state index in [1.54, 1.807) is 13.2 Å². The van der Waals surface area contributed by atoms with Crippen molar-refractivity contribution in [3.8, 4) is 16.9 Å². The van der Waals surface area contributed by atoms with Gasteiger partial charge >= 0.3 is 0 Å². The number of allylic oxidation sites excluding steroid dienone is 1. The molecule has 2 N–H and O–H groups in total. The van der Waals surface area contributed by atoms with Gasteiger partial charge in [0.25, 0.3) is 0 Å². The second kappa shape index (κ2) is 8.34. The van der Waals surface area contributed by atoms with Crippen molar-refractivity contribution in [2.75, 3.05) is 17.7 Å². The number of anilines is 2. The van der Waals surface area contributed by atoms with Gasteiger partial charge in [0.2, 0.25) is 0 Å². The van der Waals surface area contributed by atoms with Crippen LogP contribution < -0.4 is 15.4 Å². The summed E-state index contributed by atoms with van der Waals surface area (Å²) in [6.07, 6.45) is 2.27. The smallest absolute Gasteiger partial charge is 0.129 e. The summed E-state index contributed by atoms with van der Waals surface area (Å²) in [7, 11) is 1.58. The number of nitrogens with one attached hydrogen (secondary N) is 2. The average Bonchev–Trinajstić information content (AvgIpc) is 2.73. The topological polar surface area (TPSA) is 33.3 Å². The highest BCUT2D eigenvalue weighted by Gasteiger charge is 2.26. The molecular weight excluding hydrogens is 399 g/mol. The molecule has 1 heterocycles. The molecule has 0 aliphatic carbocycles. The number of hydrogen-bond donors (Lipinski definition) is 2. The highest BCUT2D eigenvalue weighted by molar-refractivity contribution is 5.88. The molecule has 0 saturated carbocycles. The second-order valence-corrected chi connectivity index (χ2v) is 9.20. The number of aryl methyl sites for hydroxylation is 2. The molecule has 4 heteroatoms. The average molecular weight is 431 g/mol. The molecule has 0 amide bonds. The normalized spacial score (nSPS) is 14.3. The minimum atomic E-state index is -0.307. The van der Waals surface area contributed by atoms with Crippen LogP contribution >= 0.6 is 0 Å². The van der Waals surface area contributed by atoms with Crippen molar-refractivity contribution >= 4 is 16.9 Å². The van der Waals surface area contributed by atoms with Gasteiger partial charge in [-0.05, 0) is 86.7 Å². The first-order chi connectivity index (χ1) is 15.2. The lowest BCUT2D eigenvalue weighted by atomic mass is 9.85. The summed E-state index contributed by atoms with van der Waals surface area (Å²) in [6.45, 7) is 11.4. The van der Waals surface area contributed by atoms with Crippen LogP contribution in [-0.2, 0) is 6.54 Å². The Morgan fingerprint density at radius 2 is 1.72 bits per heavy atom. The molecule has 4 rings (SSSR count). The zero-order valence-electron chi connectivity index (χ0n) is 19.7. The maximum absolute atomic E-state index is 13.9. The van der Waals surface area contributed by atoms with Gasteiger partial charge in [0.15, 0.2) is 0 Å². The first kappa shape index (κ1) is 21.9. The Balaban J connectivity index is 1.88. The quantitative estimate of drug-likeness (QED) is 0.444. The number of benzene rings is 3. The number of rotatable bonds is 5. The molecule has 0 unspecified atom stereocenters. The van der Waals surface area contributed by atoms with E-state index in [1.165, 1.54) is 34.4 Å². The summed E-state index contributed by atoms with van der Waals surface area (Å²) >= 11 is 0. The molecule has 1 aliphatic rings. The Kier molecular flexibility index (Phi) is 5.72. The van der Waals surface area contributed by atoms with Crippen molar-refractivity contribution in [3.05, 3.63) is 82.7 Å². The van der Waals surface area contributed by atoms with Crippen molar-refractivity contribution in [1.82, 2.24) is 0 Å². The van der Waals surface area contributed by atoms with Gasteiger partial charge in [-0.2, -0.15) is 0 Å². The van der Waals surface area contributed by atoms with Gasteiger partial charge in [0, 0.05) is 35.1 Å². The molecular formula is C28H31FN2O. The maximum Gasteiger partial charge on any atom is 0.129 e. The molecule has 0 aromatic heterocycles. The number of fused-ring (bicyclic) bond motifs is 1. The van der Waals surface area contributed by atoms with E-state index in [2.05, 4.69) is 81.7 Å². The lowest BCUT2D eigenvalue weighted by Crippen LogP contribution is -2.32. The van der Waals surface area contributed by atoms with Crippen LogP contribution in [0.5, 0.6) is 5.75 Å². The summed E-state index contributed by atoms with van der Waals surface area (Å²) in [6, 6.07) is 15.4. The number of halogens is 1. The fourth-order valence-electron chi connectivity index (χ4n) is 4.63. The third-order valence-corrected chi connectivity index (χ3v) is 6.04. The van der Waals surface area contributed by atoms with Crippen LogP contribution in [0.3, 0.4) is 0 Å². The van der Waals surface area contributed by atoms with E-state index < -0.39 is 0 Å². The zero-order valence-corrected chi connectivity index (χ0v) is 19.7. The highest BCUT2D eigenvalue weighted by atomic mass is 19.1. The first-order valence-electron chi connectivity index (χ1n) is 11.0. The van der Waals surface area contributed by atoms with Gasteiger partial charge in [-0.15, -0.1) is 0 Å². The third kappa shape index (κ3) is 4.22. The molecule has 0 saturated heterocycles. The Hall–Kier alpha value is -3.27. The first-order valence-corrected chi connectivity index (χ1v) is 11.0. The molecule has 3 aromatic carbocycles. The molecule has 3 aromatic rings. The van der Waals surface area contributed by atoms with Gasteiger partial charge in [0.1, 0.15) is 11.6 Å². The van der Waals surface area contributed by atoms with Gasteiger partial charge in [-0.25, -0.2) is 4.39 Å². The van der Waals surface area contributed by atoms with Gasteiger partial charge in [0.05, 0.1) is 12.6 Å². The van der Waals surface area contributed by atoms with Crippen LogP contribution in [-0.4, -0.2) is 12.6 Å². The van der Waals surface area contributed by atoms with E-state index in [0.717, 1.165) is 28.1 Å². The van der Waals surface area contributed by atoms with Crippen molar-refractivity contribution in [2.24, 2.45) is 0 Å². The molecule has 0 bridgehead atoms. The Labute approximate surface area is 190 Å². The van der Waals surface area contributed by atoms with Crippen LogP contribution in [0.15, 0.2) is 54.6 Å². The molecule has 32 heavy (non-hydrogen) atoms. The van der Waals surface area contributed by atoms with E-state index in [4.69, 9.17) is 4.74 Å². The summed E-state index contributed by atoms with van der Waals surface area (Å²) < 4.78 is 19.5. The van der Waals surface area contributed by atoms with Crippen molar-refractivity contribution < 1.29 is 9.13 Å². The Bertz CT molecular complexity index is 1210. The van der Waals surface area contributed by atoms with E-state index >= 15 is 0 Å². The fraction of sp³-hybridized carbons (Fsp3) is 0.286. The minimum absolute atomic E-state index is 0.121. The van der Waals surface area contributed by atoms with E-state index in [1.807, 2.05) is 0 Å². The molecule has 0 fully saturated rings. The largest absolute Gasteiger partial charge is 0.496 e. The molecule has 1 aliphatic heterocycles. The van der Waals surface area contributed by atoms with Gasteiger partial charge in [-0.3, -0.25) is 0 Å². The van der Waals surface area contributed by atoms with Crippen molar-refractivity contribution in [2.45, 2.75) is 46.7 Å². The third-order valence-electron chi connectivity index (χ3n) is 6.04. The predicted octanol–water partition coefficient (Wildman–Crippen LogP) is 7.34. The molecule has 0 spiro atoms. The number of ether oxygens (including phenoxy) is 1. The lowest BCUT2D eigenvalue weighted by Gasteiger charge is -2.33. The van der Waals surface area contributed by atoms with Crippen LogP contribution in [0.25, 0.3) is 16.7 Å². The SMILES string of the molecule is COc1cc(F)ccc1-c1ccc2c(c1CNc1cc(C)ccc1C)C(C)=CC(C)(C)N2. The van der Waals surface area contributed by atoms with Gasteiger partial charge in [-0.1, -0.05) is 24.3 Å². The van der Waals surface area contributed by atoms with Crippen molar-refractivity contribution in [1.29, 1.82) is 0 Å². The monoisotopic (exact) mass is 430 g/mol. The summed E-state index contributed by atoms with van der Waals surface area (Å²) in [4.78, 5) is 0. The maximum atomic E-state index is 13.9. The standard InChI is InChI=1S/C28H31FN2O/c1-17-7-8-18(2)25(13-17)30-16-23-21(22-10-9-20(29)14-26(22)32-6)11-12-24-27(23)19(3)15-28(4,5)31-24/h7-15,30-31H,16H2,1-6H3.